The molecule has 1 N–H and O–H groups in total. The Bertz CT molecular complexity index is 866. The summed E-state index contributed by atoms with van der Waals surface area (Å²) in [5.41, 5.74) is 4.19. The Morgan fingerprint density at radius 1 is 1.29 bits per heavy atom. The number of aromatic nitrogens is 2. The molecule has 0 fully saturated rings. The summed E-state index contributed by atoms with van der Waals surface area (Å²) >= 11 is 9.01. The monoisotopic (exact) mass is 362 g/mol. The highest BCUT2D eigenvalue weighted by molar-refractivity contribution is 9.10. The number of imidazole rings is 1. The molecule has 3 aromatic rings. The summed E-state index contributed by atoms with van der Waals surface area (Å²) in [6.07, 6.45) is 0. The number of aryl methyl sites for hydroxylation is 1. The van der Waals surface area contributed by atoms with Crippen molar-refractivity contribution < 1.29 is 4.74 Å². The summed E-state index contributed by atoms with van der Waals surface area (Å²) in [6.45, 7) is 4.68. The predicted octanol–water partition coefficient (Wildman–Crippen LogP) is 5.16. The van der Waals surface area contributed by atoms with Gasteiger partial charge in [-0.25, -0.2) is 0 Å². The van der Waals surface area contributed by atoms with Crippen molar-refractivity contribution in [3.8, 4) is 11.4 Å². The van der Waals surface area contributed by atoms with Gasteiger partial charge in [-0.05, 0) is 62.0 Å². The smallest absolute Gasteiger partial charge is 0.182 e. The van der Waals surface area contributed by atoms with Crippen LogP contribution >= 0.6 is 28.1 Å². The van der Waals surface area contributed by atoms with Crippen LogP contribution in [-0.2, 0) is 0 Å². The minimum atomic E-state index is 0.627. The maximum absolute atomic E-state index is 5.67. The molecule has 0 aliphatic heterocycles. The second-order valence-corrected chi connectivity index (χ2v) is 6.08. The zero-order chi connectivity index (χ0) is 15.0. The van der Waals surface area contributed by atoms with Gasteiger partial charge in [-0.3, -0.25) is 4.57 Å². The molecule has 5 heteroatoms. The molecule has 2 aromatic carbocycles. The molecular formula is C16H15BrN2OS. The van der Waals surface area contributed by atoms with E-state index in [0.29, 0.717) is 11.4 Å². The third-order valence-corrected chi connectivity index (χ3v) is 4.16. The van der Waals surface area contributed by atoms with Gasteiger partial charge in [0, 0.05) is 4.47 Å². The number of hydrogen-bond donors (Lipinski definition) is 1. The molecule has 0 saturated carbocycles. The fourth-order valence-electron chi connectivity index (χ4n) is 2.49. The zero-order valence-corrected chi connectivity index (χ0v) is 14.2. The minimum absolute atomic E-state index is 0.627. The summed E-state index contributed by atoms with van der Waals surface area (Å²) in [4.78, 5) is 3.26. The molecule has 0 aliphatic rings. The number of benzene rings is 2. The van der Waals surface area contributed by atoms with Crippen molar-refractivity contribution >= 4 is 39.2 Å². The van der Waals surface area contributed by atoms with Gasteiger partial charge in [-0.15, -0.1) is 0 Å². The summed E-state index contributed by atoms with van der Waals surface area (Å²) in [5, 5.41) is 0. The average molecular weight is 363 g/mol. The summed E-state index contributed by atoms with van der Waals surface area (Å²) in [6, 6.07) is 12.2. The van der Waals surface area contributed by atoms with Crippen molar-refractivity contribution in [1.29, 1.82) is 0 Å². The lowest BCUT2D eigenvalue weighted by molar-refractivity contribution is 0.343. The van der Waals surface area contributed by atoms with E-state index in [-0.39, 0.29) is 0 Å². The molecule has 0 atom stereocenters. The van der Waals surface area contributed by atoms with E-state index < -0.39 is 0 Å². The van der Waals surface area contributed by atoms with Crippen LogP contribution in [0.2, 0.25) is 0 Å². The first-order chi connectivity index (χ1) is 10.1. The van der Waals surface area contributed by atoms with Crippen LogP contribution in [0, 0.1) is 11.7 Å². The molecule has 0 saturated heterocycles. The molecule has 108 valence electrons. The summed E-state index contributed by atoms with van der Waals surface area (Å²) < 4.78 is 9.45. The Balaban J connectivity index is 2.30. The molecular weight excluding hydrogens is 348 g/mol. The van der Waals surface area contributed by atoms with Crippen molar-refractivity contribution in [2.24, 2.45) is 0 Å². The van der Waals surface area contributed by atoms with Crippen molar-refractivity contribution in [1.82, 2.24) is 9.55 Å². The standard InChI is InChI=1S/C16H15BrN2OS/c1-3-20-14-6-4-5-13-15(14)18-16(21)19(13)12-8-7-11(17)9-10(12)2/h4-9H,3H2,1-2H3,(H,18,21). The number of aromatic amines is 1. The van der Waals surface area contributed by atoms with Crippen LogP contribution in [0.25, 0.3) is 16.7 Å². The van der Waals surface area contributed by atoms with Gasteiger partial charge in [0.2, 0.25) is 0 Å². The van der Waals surface area contributed by atoms with Crippen LogP contribution in [-0.4, -0.2) is 16.2 Å². The van der Waals surface area contributed by atoms with E-state index in [0.717, 1.165) is 32.5 Å². The summed E-state index contributed by atoms with van der Waals surface area (Å²) in [7, 11) is 0. The van der Waals surface area contributed by atoms with Gasteiger partial charge in [-0.1, -0.05) is 22.0 Å². The largest absolute Gasteiger partial charge is 0.492 e. The fourth-order valence-corrected chi connectivity index (χ4v) is 3.26. The van der Waals surface area contributed by atoms with Crippen LogP contribution in [0.1, 0.15) is 12.5 Å². The van der Waals surface area contributed by atoms with Crippen LogP contribution in [0.4, 0.5) is 0 Å². The number of H-pyrrole nitrogens is 1. The molecule has 3 nitrogen and oxygen atoms in total. The second kappa shape index (κ2) is 5.66. The van der Waals surface area contributed by atoms with E-state index in [2.05, 4.69) is 44.5 Å². The molecule has 3 rings (SSSR count). The highest BCUT2D eigenvalue weighted by Gasteiger charge is 2.12. The van der Waals surface area contributed by atoms with Crippen LogP contribution in [0.5, 0.6) is 5.75 Å². The maximum atomic E-state index is 5.67. The molecule has 21 heavy (non-hydrogen) atoms. The molecule has 0 bridgehead atoms. The quantitative estimate of drug-likeness (QED) is 0.652. The van der Waals surface area contributed by atoms with Crippen molar-refractivity contribution in [3.05, 3.63) is 51.2 Å². The minimum Gasteiger partial charge on any atom is -0.492 e. The Morgan fingerprint density at radius 2 is 2.10 bits per heavy atom. The van der Waals surface area contributed by atoms with E-state index in [1.165, 1.54) is 0 Å². The SMILES string of the molecule is CCOc1cccc2c1[nH]c(=S)n2-c1ccc(Br)cc1C. The van der Waals surface area contributed by atoms with Gasteiger partial charge >= 0.3 is 0 Å². The third kappa shape index (κ3) is 2.51. The second-order valence-electron chi connectivity index (χ2n) is 4.78. The number of rotatable bonds is 3. The molecule has 0 aliphatic carbocycles. The number of fused-ring (bicyclic) bond motifs is 1. The first-order valence-corrected chi connectivity index (χ1v) is 7.95. The lowest BCUT2D eigenvalue weighted by atomic mass is 10.2. The van der Waals surface area contributed by atoms with Gasteiger partial charge in [0.15, 0.2) is 4.77 Å². The third-order valence-electron chi connectivity index (χ3n) is 3.38. The zero-order valence-electron chi connectivity index (χ0n) is 11.8. The van der Waals surface area contributed by atoms with E-state index in [4.69, 9.17) is 17.0 Å². The highest BCUT2D eigenvalue weighted by atomic mass is 79.9. The lowest BCUT2D eigenvalue weighted by Crippen LogP contribution is -1.97. The van der Waals surface area contributed by atoms with Gasteiger partial charge in [0.25, 0.3) is 0 Å². The topological polar surface area (TPSA) is 29.9 Å². The van der Waals surface area contributed by atoms with E-state index in [1.54, 1.807) is 0 Å². The van der Waals surface area contributed by atoms with E-state index >= 15 is 0 Å². The fraction of sp³-hybridized carbons (Fsp3) is 0.188. The first kappa shape index (κ1) is 14.4. The maximum Gasteiger partial charge on any atom is 0.182 e. The van der Waals surface area contributed by atoms with Crippen molar-refractivity contribution in [3.63, 3.8) is 0 Å². The number of hydrogen-bond acceptors (Lipinski definition) is 2. The van der Waals surface area contributed by atoms with Gasteiger partial charge in [0.1, 0.15) is 11.3 Å². The predicted molar refractivity (Wildman–Crippen MR) is 92.1 cm³/mol. The van der Waals surface area contributed by atoms with E-state index in [9.17, 15) is 0 Å². The number of ether oxygens (including phenoxy) is 1. The number of nitrogens with zero attached hydrogens (tertiary/aromatic N) is 1. The number of halogens is 1. The number of para-hydroxylation sites is 1. The van der Waals surface area contributed by atoms with Gasteiger partial charge in [-0.2, -0.15) is 0 Å². The molecule has 1 heterocycles. The molecule has 0 amide bonds. The van der Waals surface area contributed by atoms with Gasteiger partial charge < -0.3 is 9.72 Å². The molecule has 0 unspecified atom stereocenters. The normalized spacial score (nSPS) is 11.0. The molecule has 1 aromatic heterocycles. The lowest BCUT2D eigenvalue weighted by Gasteiger charge is -2.09. The Kier molecular flexibility index (Phi) is 3.87. The van der Waals surface area contributed by atoms with E-state index in [1.807, 2.05) is 31.2 Å². The highest BCUT2D eigenvalue weighted by Crippen LogP contribution is 2.29. The molecule has 0 spiro atoms. The van der Waals surface area contributed by atoms with Crippen LogP contribution in [0.15, 0.2) is 40.9 Å². The average Bonchev–Trinajstić information content (AvgIpc) is 2.77. The molecule has 0 radical (unpaired) electrons. The Morgan fingerprint density at radius 3 is 2.81 bits per heavy atom. The Labute approximate surface area is 136 Å². The first-order valence-electron chi connectivity index (χ1n) is 6.75. The number of nitrogens with one attached hydrogen (secondary N) is 1. The summed E-state index contributed by atoms with van der Waals surface area (Å²) in [5.74, 6) is 0.828. The Hall–Kier alpha value is -1.59. The van der Waals surface area contributed by atoms with Crippen molar-refractivity contribution in [2.75, 3.05) is 6.61 Å². The van der Waals surface area contributed by atoms with Crippen molar-refractivity contribution in [2.45, 2.75) is 13.8 Å². The van der Waals surface area contributed by atoms with Gasteiger partial charge in [0.05, 0.1) is 17.8 Å². The van der Waals surface area contributed by atoms with Crippen LogP contribution < -0.4 is 4.74 Å². The van der Waals surface area contributed by atoms with Crippen LogP contribution in [0.3, 0.4) is 0 Å².